The van der Waals surface area contributed by atoms with E-state index in [2.05, 4.69) is 26.5 Å². The predicted molar refractivity (Wildman–Crippen MR) is 53.2 cm³/mol. The summed E-state index contributed by atoms with van der Waals surface area (Å²) < 4.78 is 0. The lowest BCUT2D eigenvalue weighted by Crippen LogP contribution is -2.33. The highest BCUT2D eigenvalue weighted by Crippen LogP contribution is 2.20. The van der Waals surface area contributed by atoms with Crippen molar-refractivity contribution < 1.29 is 4.79 Å². The van der Waals surface area contributed by atoms with Crippen molar-refractivity contribution in [2.24, 2.45) is 5.92 Å². The average molecular weight is 187 g/mol. The molecule has 2 nitrogen and oxygen atoms in total. The van der Waals surface area contributed by atoms with Crippen LogP contribution < -0.4 is 0 Å². The Labute approximate surface area is 79.7 Å². The molecule has 1 aliphatic heterocycles. The number of amides is 1. The van der Waals surface area contributed by atoms with Crippen molar-refractivity contribution >= 4 is 18.5 Å². The maximum atomic E-state index is 11.3. The van der Waals surface area contributed by atoms with Gasteiger partial charge in [-0.1, -0.05) is 13.8 Å². The summed E-state index contributed by atoms with van der Waals surface area (Å²) in [5.41, 5.74) is 0. The summed E-state index contributed by atoms with van der Waals surface area (Å²) in [6.07, 6.45) is 2.72. The second kappa shape index (κ2) is 4.17. The highest BCUT2D eigenvalue weighted by atomic mass is 32.1. The van der Waals surface area contributed by atoms with Crippen LogP contribution in [0.25, 0.3) is 0 Å². The summed E-state index contributed by atoms with van der Waals surface area (Å²) in [7, 11) is 0. The van der Waals surface area contributed by atoms with Crippen molar-refractivity contribution in [3.8, 4) is 0 Å². The minimum absolute atomic E-state index is 0.139. The molecule has 0 bridgehead atoms. The Bertz CT molecular complexity index is 170. The fraction of sp³-hybridized carbons (Fsp3) is 0.889. The number of likely N-dealkylation sites (tertiary alicyclic amines) is 1. The first-order chi connectivity index (χ1) is 5.61. The first kappa shape index (κ1) is 9.90. The van der Waals surface area contributed by atoms with Gasteiger partial charge in [-0.2, -0.15) is 12.6 Å². The van der Waals surface area contributed by atoms with Crippen LogP contribution in [0.4, 0.5) is 0 Å². The molecular weight excluding hydrogens is 170 g/mol. The van der Waals surface area contributed by atoms with E-state index in [0.717, 1.165) is 25.8 Å². The van der Waals surface area contributed by atoms with E-state index < -0.39 is 0 Å². The van der Waals surface area contributed by atoms with Crippen LogP contribution in [0.1, 0.15) is 33.1 Å². The number of rotatable bonds is 3. The van der Waals surface area contributed by atoms with Gasteiger partial charge in [0.25, 0.3) is 0 Å². The van der Waals surface area contributed by atoms with Crippen molar-refractivity contribution in [3.63, 3.8) is 0 Å². The van der Waals surface area contributed by atoms with Gasteiger partial charge in [0.15, 0.2) is 0 Å². The van der Waals surface area contributed by atoms with Gasteiger partial charge in [-0.05, 0) is 18.8 Å². The molecular formula is C9H17NOS. The number of hydrogen-bond donors (Lipinski definition) is 1. The van der Waals surface area contributed by atoms with Crippen LogP contribution in [0.5, 0.6) is 0 Å². The number of carbonyl (C=O) groups excluding carboxylic acids is 1. The van der Waals surface area contributed by atoms with Crippen molar-refractivity contribution in [2.45, 2.75) is 38.5 Å². The molecule has 0 aromatic rings. The van der Waals surface area contributed by atoms with Crippen LogP contribution in [0, 0.1) is 5.92 Å². The van der Waals surface area contributed by atoms with Crippen molar-refractivity contribution in [1.29, 1.82) is 0 Å². The zero-order valence-corrected chi connectivity index (χ0v) is 8.68. The zero-order valence-electron chi connectivity index (χ0n) is 7.79. The van der Waals surface area contributed by atoms with E-state index in [4.69, 9.17) is 0 Å². The summed E-state index contributed by atoms with van der Waals surface area (Å²) in [6, 6.07) is 0. The summed E-state index contributed by atoms with van der Waals surface area (Å²) in [5, 5.41) is 0.139. The van der Waals surface area contributed by atoms with E-state index in [9.17, 15) is 4.79 Å². The van der Waals surface area contributed by atoms with Gasteiger partial charge in [0.2, 0.25) is 5.91 Å². The highest BCUT2D eigenvalue weighted by molar-refractivity contribution is 7.80. The molecule has 0 N–H and O–H groups in total. The van der Waals surface area contributed by atoms with Gasteiger partial charge in [-0.15, -0.1) is 0 Å². The summed E-state index contributed by atoms with van der Waals surface area (Å²) in [4.78, 5) is 13.2. The third-order valence-electron chi connectivity index (χ3n) is 2.15. The smallest absolute Gasteiger partial charge is 0.223 e. The molecule has 0 spiro atoms. The molecule has 0 aliphatic carbocycles. The number of carbonyl (C=O) groups is 1. The van der Waals surface area contributed by atoms with Gasteiger partial charge < -0.3 is 4.90 Å². The van der Waals surface area contributed by atoms with E-state index >= 15 is 0 Å². The first-order valence-electron chi connectivity index (χ1n) is 4.59. The second-order valence-electron chi connectivity index (χ2n) is 3.80. The average Bonchev–Trinajstić information content (AvgIpc) is 2.33. The van der Waals surface area contributed by atoms with Crippen LogP contribution in [-0.2, 0) is 4.79 Å². The normalized spacial score (nSPS) is 20.7. The van der Waals surface area contributed by atoms with Gasteiger partial charge >= 0.3 is 0 Å². The fourth-order valence-electron chi connectivity index (χ4n) is 1.53. The minimum Gasteiger partial charge on any atom is -0.331 e. The van der Waals surface area contributed by atoms with E-state index in [1.165, 1.54) is 0 Å². The Morgan fingerprint density at radius 3 is 2.67 bits per heavy atom. The number of hydrogen-bond acceptors (Lipinski definition) is 2. The fourth-order valence-corrected chi connectivity index (χ4v) is 2.20. The van der Waals surface area contributed by atoms with Crippen LogP contribution in [-0.4, -0.2) is 22.7 Å². The molecule has 12 heavy (non-hydrogen) atoms. The Kier molecular flexibility index (Phi) is 3.44. The van der Waals surface area contributed by atoms with E-state index in [0.29, 0.717) is 5.92 Å². The van der Waals surface area contributed by atoms with Crippen LogP contribution in [0.2, 0.25) is 0 Å². The molecule has 1 fully saturated rings. The third-order valence-corrected chi connectivity index (χ3v) is 2.64. The lowest BCUT2D eigenvalue weighted by atomic mass is 10.1. The van der Waals surface area contributed by atoms with Crippen molar-refractivity contribution in [3.05, 3.63) is 0 Å². The molecule has 70 valence electrons. The first-order valence-corrected chi connectivity index (χ1v) is 5.10. The predicted octanol–water partition coefficient (Wildman–Crippen LogP) is 1.91. The Morgan fingerprint density at radius 2 is 2.25 bits per heavy atom. The topological polar surface area (TPSA) is 20.3 Å². The van der Waals surface area contributed by atoms with Crippen molar-refractivity contribution in [2.75, 3.05) is 6.54 Å². The van der Waals surface area contributed by atoms with Crippen LogP contribution in [0.15, 0.2) is 0 Å². The number of thiol groups is 1. The maximum Gasteiger partial charge on any atom is 0.223 e. The Balaban J connectivity index is 2.40. The van der Waals surface area contributed by atoms with Crippen molar-refractivity contribution in [1.82, 2.24) is 4.90 Å². The summed E-state index contributed by atoms with van der Waals surface area (Å²) >= 11 is 4.43. The maximum absolute atomic E-state index is 11.3. The standard InChI is InChI=1S/C9H17NOS/c1-7(2)6-9(12)10-5-3-4-8(10)11/h7,9,12H,3-6H2,1-2H3. The largest absolute Gasteiger partial charge is 0.331 e. The quantitative estimate of drug-likeness (QED) is 0.669. The highest BCUT2D eigenvalue weighted by Gasteiger charge is 2.25. The Hall–Kier alpha value is -0.180. The third kappa shape index (κ3) is 2.41. The van der Waals surface area contributed by atoms with Gasteiger partial charge in [0.05, 0.1) is 5.37 Å². The molecule has 1 heterocycles. The van der Waals surface area contributed by atoms with E-state index in [1.54, 1.807) is 0 Å². The second-order valence-corrected chi connectivity index (χ2v) is 4.40. The Morgan fingerprint density at radius 1 is 1.58 bits per heavy atom. The SMILES string of the molecule is CC(C)CC(S)N1CCCC1=O. The molecule has 1 atom stereocenters. The molecule has 0 saturated carbocycles. The lowest BCUT2D eigenvalue weighted by molar-refractivity contribution is -0.128. The molecule has 1 aliphatic rings. The van der Waals surface area contributed by atoms with Crippen LogP contribution in [0.3, 0.4) is 0 Å². The molecule has 1 unspecified atom stereocenters. The molecule has 0 radical (unpaired) electrons. The monoisotopic (exact) mass is 187 g/mol. The molecule has 1 saturated heterocycles. The van der Waals surface area contributed by atoms with Gasteiger partial charge in [0, 0.05) is 13.0 Å². The lowest BCUT2D eigenvalue weighted by Gasteiger charge is -2.24. The van der Waals surface area contributed by atoms with E-state index in [1.807, 2.05) is 4.90 Å². The van der Waals surface area contributed by atoms with Gasteiger partial charge in [-0.25, -0.2) is 0 Å². The zero-order chi connectivity index (χ0) is 9.14. The summed E-state index contributed by atoms with van der Waals surface area (Å²) in [5.74, 6) is 0.886. The molecule has 3 heteroatoms. The minimum atomic E-state index is 0.139. The molecule has 0 aromatic heterocycles. The molecule has 1 amide bonds. The number of nitrogens with zero attached hydrogens (tertiary/aromatic N) is 1. The van der Waals surface area contributed by atoms with Gasteiger partial charge in [-0.3, -0.25) is 4.79 Å². The molecule has 1 rings (SSSR count). The van der Waals surface area contributed by atoms with E-state index in [-0.39, 0.29) is 11.3 Å². The van der Waals surface area contributed by atoms with Gasteiger partial charge in [0.1, 0.15) is 0 Å². The summed E-state index contributed by atoms with van der Waals surface area (Å²) in [6.45, 7) is 5.22. The van der Waals surface area contributed by atoms with Crippen LogP contribution >= 0.6 is 12.6 Å². The molecule has 0 aromatic carbocycles.